The summed E-state index contributed by atoms with van der Waals surface area (Å²) in [5.74, 6) is -0.281. The summed E-state index contributed by atoms with van der Waals surface area (Å²) in [5.41, 5.74) is 0.744. The Kier molecular flexibility index (Phi) is 5.41. The van der Waals surface area contributed by atoms with Crippen LogP contribution in [0.5, 0.6) is 5.75 Å². The van der Waals surface area contributed by atoms with Gasteiger partial charge in [0.25, 0.3) is 0 Å². The normalized spacial score (nSPS) is 14.1. The number of sulfone groups is 1. The molecule has 0 spiro atoms. The second kappa shape index (κ2) is 6.45. The van der Waals surface area contributed by atoms with Crippen molar-refractivity contribution >= 4 is 9.84 Å². The Morgan fingerprint density at radius 3 is 2.25 bits per heavy atom. The summed E-state index contributed by atoms with van der Waals surface area (Å²) in [6.45, 7) is 2.07. The fourth-order valence-electron chi connectivity index (χ4n) is 1.54. The summed E-state index contributed by atoms with van der Waals surface area (Å²) >= 11 is 0. The average Bonchev–Trinajstić information content (AvgIpc) is 2.25. The molecule has 0 radical (unpaired) electrons. The first-order valence-electron chi connectivity index (χ1n) is 5.84. The molecule has 0 heterocycles. The highest BCUT2D eigenvalue weighted by Gasteiger charge is 2.30. The molecule has 0 aliphatic rings. The Bertz CT molecular complexity index is 526. The maximum atomic E-state index is 12.0. The predicted molar refractivity (Wildman–Crippen MR) is 69.3 cm³/mol. The molecular formula is C12H16F3NO3S. The Morgan fingerprint density at radius 1 is 1.25 bits per heavy atom. The van der Waals surface area contributed by atoms with Crippen LogP contribution in [0, 0.1) is 0 Å². The third-order valence-corrected chi connectivity index (χ3v) is 3.48. The zero-order valence-electron chi connectivity index (χ0n) is 11.1. The molecule has 1 aromatic carbocycles. The molecule has 20 heavy (non-hydrogen) atoms. The molecule has 0 saturated heterocycles. The van der Waals surface area contributed by atoms with Gasteiger partial charge in [0.05, 0.1) is 5.75 Å². The molecular weight excluding hydrogens is 295 g/mol. The van der Waals surface area contributed by atoms with E-state index in [-0.39, 0.29) is 24.1 Å². The minimum absolute atomic E-state index is 0.00656. The van der Waals surface area contributed by atoms with E-state index in [4.69, 9.17) is 0 Å². The van der Waals surface area contributed by atoms with Gasteiger partial charge in [0, 0.05) is 18.8 Å². The van der Waals surface area contributed by atoms with Crippen LogP contribution in [0.2, 0.25) is 0 Å². The van der Waals surface area contributed by atoms with Crippen LogP contribution in [-0.4, -0.2) is 33.3 Å². The monoisotopic (exact) mass is 311 g/mol. The highest BCUT2D eigenvalue weighted by atomic mass is 32.2. The van der Waals surface area contributed by atoms with E-state index in [1.54, 1.807) is 6.92 Å². The highest BCUT2D eigenvalue weighted by Crippen LogP contribution is 2.24. The van der Waals surface area contributed by atoms with Crippen LogP contribution in [0.15, 0.2) is 24.3 Å². The van der Waals surface area contributed by atoms with E-state index in [9.17, 15) is 21.6 Å². The number of benzene rings is 1. The lowest BCUT2D eigenvalue weighted by atomic mass is 10.1. The van der Waals surface area contributed by atoms with Crippen LogP contribution in [0.1, 0.15) is 18.5 Å². The Labute approximate surface area is 115 Å². The van der Waals surface area contributed by atoms with Crippen molar-refractivity contribution in [2.24, 2.45) is 0 Å². The van der Waals surface area contributed by atoms with E-state index in [2.05, 4.69) is 10.1 Å². The zero-order chi connectivity index (χ0) is 15.4. The summed E-state index contributed by atoms with van der Waals surface area (Å²) in [4.78, 5) is 0. The van der Waals surface area contributed by atoms with Crippen LogP contribution in [-0.2, 0) is 9.84 Å². The van der Waals surface area contributed by atoms with Gasteiger partial charge in [-0.25, -0.2) is 8.42 Å². The van der Waals surface area contributed by atoms with Crippen molar-refractivity contribution in [1.29, 1.82) is 0 Å². The van der Waals surface area contributed by atoms with Gasteiger partial charge in [0.15, 0.2) is 0 Å². The Hall–Kier alpha value is -1.28. The lowest BCUT2D eigenvalue weighted by Gasteiger charge is -2.15. The molecule has 114 valence electrons. The number of rotatable bonds is 6. The van der Waals surface area contributed by atoms with Crippen LogP contribution in [0.4, 0.5) is 13.2 Å². The van der Waals surface area contributed by atoms with Gasteiger partial charge in [-0.1, -0.05) is 12.1 Å². The van der Waals surface area contributed by atoms with Crippen molar-refractivity contribution in [3.63, 3.8) is 0 Å². The number of hydrogen-bond donors (Lipinski definition) is 1. The fraction of sp³-hybridized carbons (Fsp3) is 0.500. The minimum atomic E-state index is -4.71. The SMILES string of the molecule is CC(NCCS(C)(=O)=O)c1ccc(OC(F)(F)F)cc1. The van der Waals surface area contributed by atoms with E-state index in [1.807, 2.05) is 0 Å². The van der Waals surface area contributed by atoms with E-state index >= 15 is 0 Å². The molecule has 0 aliphatic heterocycles. The topological polar surface area (TPSA) is 55.4 Å². The molecule has 1 unspecified atom stereocenters. The summed E-state index contributed by atoms with van der Waals surface area (Å²) in [7, 11) is -3.04. The Balaban J connectivity index is 2.55. The number of nitrogens with one attached hydrogen (secondary N) is 1. The van der Waals surface area contributed by atoms with Crippen molar-refractivity contribution in [1.82, 2.24) is 5.32 Å². The van der Waals surface area contributed by atoms with E-state index in [0.717, 1.165) is 11.8 Å². The Morgan fingerprint density at radius 2 is 1.80 bits per heavy atom. The number of hydrogen-bond acceptors (Lipinski definition) is 4. The molecule has 1 rings (SSSR count). The third-order valence-electron chi connectivity index (χ3n) is 2.54. The summed E-state index contributed by atoms with van der Waals surface area (Å²) in [6.07, 6.45) is -3.57. The van der Waals surface area contributed by atoms with E-state index < -0.39 is 16.2 Å². The summed E-state index contributed by atoms with van der Waals surface area (Å²) in [6, 6.07) is 5.27. The molecule has 1 N–H and O–H groups in total. The van der Waals surface area contributed by atoms with Crippen molar-refractivity contribution in [2.45, 2.75) is 19.3 Å². The quantitative estimate of drug-likeness (QED) is 0.876. The zero-order valence-corrected chi connectivity index (χ0v) is 11.9. The molecule has 0 amide bonds. The van der Waals surface area contributed by atoms with Crippen molar-refractivity contribution in [3.8, 4) is 5.75 Å². The molecule has 4 nitrogen and oxygen atoms in total. The predicted octanol–water partition coefficient (Wildman–Crippen LogP) is 2.28. The maximum absolute atomic E-state index is 12.0. The number of halogens is 3. The van der Waals surface area contributed by atoms with E-state index in [1.165, 1.54) is 24.3 Å². The molecule has 0 fully saturated rings. The first-order chi connectivity index (χ1) is 9.07. The lowest BCUT2D eigenvalue weighted by Crippen LogP contribution is -2.25. The first kappa shape index (κ1) is 16.8. The molecule has 1 aromatic rings. The smallest absolute Gasteiger partial charge is 0.406 e. The highest BCUT2D eigenvalue weighted by molar-refractivity contribution is 7.90. The van der Waals surface area contributed by atoms with Gasteiger partial charge in [0.2, 0.25) is 0 Å². The summed E-state index contributed by atoms with van der Waals surface area (Å²) < 4.78 is 61.7. The largest absolute Gasteiger partial charge is 0.573 e. The maximum Gasteiger partial charge on any atom is 0.573 e. The van der Waals surface area contributed by atoms with Crippen molar-refractivity contribution < 1.29 is 26.3 Å². The van der Waals surface area contributed by atoms with Gasteiger partial charge in [-0.15, -0.1) is 13.2 Å². The second-order valence-corrected chi connectivity index (χ2v) is 6.68. The minimum Gasteiger partial charge on any atom is -0.406 e. The van der Waals surface area contributed by atoms with Crippen LogP contribution in [0.25, 0.3) is 0 Å². The summed E-state index contributed by atoms with van der Waals surface area (Å²) in [5, 5.41) is 2.98. The average molecular weight is 311 g/mol. The van der Waals surface area contributed by atoms with Crippen LogP contribution in [0.3, 0.4) is 0 Å². The van der Waals surface area contributed by atoms with Gasteiger partial charge in [0.1, 0.15) is 15.6 Å². The number of alkyl halides is 3. The van der Waals surface area contributed by atoms with Crippen molar-refractivity contribution in [2.75, 3.05) is 18.6 Å². The molecule has 0 saturated carbocycles. The van der Waals surface area contributed by atoms with Gasteiger partial charge in [-0.05, 0) is 24.6 Å². The fourth-order valence-corrected chi connectivity index (χ4v) is 2.03. The molecule has 1 atom stereocenters. The molecule has 0 bridgehead atoms. The third kappa shape index (κ3) is 6.76. The van der Waals surface area contributed by atoms with Crippen LogP contribution >= 0.6 is 0 Å². The van der Waals surface area contributed by atoms with Gasteiger partial charge in [-0.2, -0.15) is 0 Å². The van der Waals surface area contributed by atoms with Gasteiger partial charge in [-0.3, -0.25) is 0 Å². The van der Waals surface area contributed by atoms with Gasteiger partial charge >= 0.3 is 6.36 Å². The van der Waals surface area contributed by atoms with Crippen molar-refractivity contribution in [3.05, 3.63) is 29.8 Å². The number of ether oxygens (including phenoxy) is 1. The molecule has 0 aromatic heterocycles. The lowest BCUT2D eigenvalue weighted by molar-refractivity contribution is -0.274. The van der Waals surface area contributed by atoms with Gasteiger partial charge < -0.3 is 10.1 Å². The molecule has 8 heteroatoms. The van der Waals surface area contributed by atoms with Crippen LogP contribution < -0.4 is 10.1 Å². The first-order valence-corrected chi connectivity index (χ1v) is 7.90. The second-order valence-electron chi connectivity index (χ2n) is 4.42. The molecule has 0 aliphatic carbocycles. The standard InChI is InChI=1S/C12H16F3NO3S/c1-9(16-7-8-20(2,17)18)10-3-5-11(6-4-10)19-12(13,14)15/h3-6,9,16H,7-8H2,1-2H3. The van der Waals surface area contributed by atoms with E-state index in [0.29, 0.717) is 0 Å².